The van der Waals surface area contributed by atoms with Crippen molar-refractivity contribution in [3.05, 3.63) is 70.8 Å². The van der Waals surface area contributed by atoms with Gasteiger partial charge in [-0.3, -0.25) is 4.79 Å². The molecule has 4 heteroatoms. The molecular weight excluding hydrogens is 274 g/mol. The van der Waals surface area contributed by atoms with E-state index in [0.29, 0.717) is 17.4 Å². The Morgan fingerprint density at radius 2 is 1.95 bits per heavy atom. The van der Waals surface area contributed by atoms with E-state index in [4.69, 9.17) is 22.1 Å². The van der Waals surface area contributed by atoms with Crippen molar-refractivity contribution in [2.75, 3.05) is 0 Å². The van der Waals surface area contributed by atoms with Gasteiger partial charge < -0.3 is 10.5 Å². The Balaban J connectivity index is 2.04. The normalized spacial score (nSPS) is 10.7. The van der Waals surface area contributed by atoms with Crippen LogP contribution in [0.2, 0.25) is 5.02 Å². The summed E-state index contributed by atoms with van der Waals surface area (Å²) in [6.07, 6.45) is 2.89. The van der Waals surface area contributed by atoms with Crippen LogP contribution in [0.3, 0.4) is 0 Å². The monoisotopic (exact) mass is 287 g/mol. The quantitative estimate of drug-likeness (QED) is 0.857. The zero-order valence-electron chi connectivity index (χ0n) is 10.8. The van der Waals surface area contributed by atoms with Crippen LogP contribution >= 0.6 is 11.6 Å². The van der Waals surface area contributed by atoms with Crippen LogP contribution < -0.4 is 10.5 Å². The highest BCUT2D eigenvalue weighted by Crippen LogP contribution is 2.26. The van der Waals surface area contributed by atoms with Gasteiger partial charge in [0.05, 0.1) is 5.02 Å². The minimum absolute atomic E-state index is 0.455. The summed E-state index contributed by atoms with van der Waals surface area (Å²) in [5.41, 5.74) is 6.90. The molecule has 0 heterocycles. The number of hydrogen-bond acceptors (Lipinski definition) is 2. The zero-order valence-corrected chi connectivity index (χ0v) is 11.5. The predicted octanol–water partition coefficient (Wildman–Crippen LogP) is 3.42. The van der Waals surface area contributed by atoms with Crippen LogP contribution in [0.1, 0.15) is 11.1 Å². The van der Waals surface area contributed by atoms with Gasteiger partial charge in [-0.1, -0.05) is 48.0 Å². The largest absolute Gasteiger partial charge is 0.487 e. The second kappa shape index (κ2) is 6.78. The lowest BCUT2D eigenvalue weighted by Crippen LogP contribution is -2.05. The van der Waals surface area contributed by atoms with Crippen molar-refractivity contribution in [1.29, 1.82) is 0 Å². The van der Waals surface area contributed by atoms with Crippen LogP contribution in [0.4, 0.5) is 0 Å². The molecule has 3 nitrogen and oxygen atoms in total. The average molecular weight is 288 g/mol. The first-order chi connectivity index (χ1) is 9.65. The molecule has 0 saturated heterocycles. The second-order valence-electron chi connectivity index (χ2n) is 4.20. The first kappa shape index (κ1) is 14.2. The average Bonchev–Trinajstić information content (AvgIpc) is 2.45. The molecule has 2 N–H and O–H groups in total. The SMILES string of the molecule is NC(=O)/C=C\c1ccc(OCc2ccccc2)c(Cl)c1. The highest BCUT2D eigenvalue weighted by atomic mass is 35.5. The van der Waals surface area contributed by atoms with Gasteiger partial charge in [0.25, 0.3) is 0 Å². The highest BCUT2D eigenvalue weighted by Gasteiger charge is 2.02. The first-order valence-corrected chi connectivity index (χ1v) is 6.47. The first-order valence-electron chi connectivity index (χ1n) is 6.09. The summed E-state index contributed by atoms with van der Waals surface area (Å²) < 4.78 is 5.66. The van der Waals surface area contributed by atoms with E-state index in [2.05, 4.69) is 0 Å². The maximum atomic E-state index is 10.7. The van der Waals surface area contributed by atoms with E-state index >= 15 is 0 Å². The number of primary amides is 1. The molecule has 2 aromatic carbocycles. The van der Waals surface area contributed by atoms with Crippen LogP contribution in [0.5, 0.6) is 5.75 Å². The lowest BCUT2D eigenvalue weighted by atomic mass is 10.2. The zero-order chi connectivity index (χ0) is 14.4. The van der Waals surface area contributed by atoms with Gasteiger partial charge in [0, 0.05) is 6.08 Å². The number of hydrogen-bond donors (Lipinski definition) is 1. The van der Waals surface area contributed by atoms with E-state index in [1.54, 1.807) is 18.2 Å². The van der Waals surface area contributed by atoms with Gasteiger partial charge in [0.2, 0.25) is 5.91 Å². The molecule has 20 heavy (non-hydrogen) atoms. The standard InChI is InChI=1S/C16H14ClNO2/c17-14-10-12(7-9-16(18)19)6-8-15(14)20-11-13-4-2-1-3-5-13/h1-10H,11H2,(H2,18,19)/b9-7-. The molecule has 102 valence electrons. The van der Waals surface area contributed by atoms with Crippen LogP contribution in [0, 0.1) is 0 Å². The molecule has 0 saturated carbocycles. The molecule has 0 aromatic heterocycles. The van der Waals surface area contributed by atoms with E-state index < -0.39 is 5.91 Å². The van der Waals surface area contributed by atoms with Crippen molar-refractivity contribution in [2.24, 2.45) is 5.73 Å². The van der Waals surface area contributed by atoms with Gasteiger partial charge in [-0.25, -0.2) is 0 Å². The Hall–Kier alpha value is -2.26. The molecule has 0 atom stereocenters. The number of nitrogens with two attached hydrogens (primary N) is 1. The topological polar surface area (TPSA) is 52.3 Å². The molecule has 0 bridgehead atoms. The van der Waals surface area contributed by atoms with Gasteiger partial charge in [0.1, 0.15) is 12.4 Å². The predicted molar refractivity (Wildman–Crippen MR) is 80.5 cm³/mol. The van der Waals surface area contributed by atoms with E-state index in [1.165, 1.54) is 6.08 Å². The van der Waals surface area contributed by atoms with E-state index in [9.17, 15) is 4.79 Å². The van der Waals surface area contributed by atoms with Gasteiger partial charge in [-0.05, 0) is 29.3 Å². The smallest absolute Gasteiger partial charge is 0.241 e. The van der Waals surface area contributed by atoms with Crippen molar-refractivity contribution in [3.8, 4) is 5.75 Å². The Bertz CT molecular complexity index is 624. The summed E-state index contributed by atoms with van der Waals surface area (Å²) in [6.45, 7) is 0.455. The molecule has 0 aliphatic rings. The summed E-state index contributed by atoms with van der Waals surface area (Å²) in [4.78, 5) is 10.7. The summed E-state index contributed by atoms with van der Waals surface area (Å²) in [5, 5.41) is 0.493. The van der Waals surface area contributed by atoms with Gasteiger partial charge in [-0.2, -0.15) is 0 Å². The minimum atomic E-state index is -0.495. The maximum absolute atomic E-state index is 10.7. The fraction of sp³-hybridized carbons (Fsp3) is 0.0625. The molecule has 2 rings (SSSR count). The number of benzene rings is 2. The van der Waals surface area contributed by atoms with Crippen molar-refractivity contribution in [3.63, 3.8) is 0 Å². The highest BCUT2D eigenvalue weighted by molar-refractivity contribution is 6.32. The van der Waals surface area contributed by atoms with Crippen LogP contribution in [-0.4, -0.2) is 5.91 Å². The van der Waals surface area contributed by atoms with E-state index in [-0.39, 0.29) is 0 Å². The van der Waals surface area contributed by atoms with Gasteiger partial charge in [-0.15, -0.1) is 0 Å². The van der Waals surface area contributed by atoms with Crippen molar-refractivity contribution >= 4 is 23.6 Å². The van der Waals surface area contributed by atoms with Crippen LogP contribution in [0.15, 0.2) is 54.6 Å². The summed E-state index contributed by atoms with van der Waals surface area (Å²) in [5.74, 6) is 0.109. The third-order valence-electron chi connectivity index (χ3n) is 2.63. The van der Waals surface area contributed by atoms with Crippen LogP contribution in [-0.2, 0) is 11.4 Å². The fourth-order valence-corrected chi connectivity index (χ4v) is 1.90. The van der Waals surface area contributed by atoms with E-state index in [0.717, 1.165) is 11.1 Å². The van der Waals surface area contributed by atoms with E-state index in [1.807, 2.05) is 36.4 Å². The summed E-state index contributed by atoms with van der Waals surface area (Å²) in [6, 6.07) is 15.1. The van der Waals surface area contributed by atoms with Crippen molar-refractivity contribution < 1.29 is 9.53 Å². The van der Waals surface area contributed by atoms with Crippen LogP contribution in [0.25, 0.3) is 6.08 Å². The lowest BCUT2D eigenvalue weighted by Gasteiger charge is -2.08. The number of amides is 1. The fourth-order valence-electron chi connectivity index (χ4n) is 1.65. The second-order valence-corrected chi connectivity index (χ2v) is 4.61. The number of carbonyl (C=O) groups is 1. The molecule has 0 radical (unpaired) electrons. The number of ether oxygens (including phenoxy) is 1. The van der Waals surface area contributed by atoms with Crippen molar-refractivity contribution in [2.45, 2.75) is 6.61 Å². The molecule has 0 spiro atoms. The lowest BCUT2D eigenvalue weighted by molar-refractivity contribution is -0.113. The molecule has 0 aliphatic heterocycles. The minimum Gasteiger partial charge on any atom is -0.487 e. The molecule has 0 aliphatic carbocycles. The Labute approximate surface area is 122 Å². The number of halogens is 1. The molecule has 1 amide bonds. The van der Waals surface area contributed by atoms with Gasteiger partial charge in [0.15, 0.2) is 0 Å². The van der Waals surface area contributed by atoms with Crippen molar-refractivity contribution in [1.82, 2.24) is 0 Å². The summed E-state index contributed by atoms with van der Waals surface area (Å²) >= 11 is 6.14. The molecule has 2 aromatic rings. The molecular formula is C16H14ClNO2. The Morgan fingerprint density at radius 1 is 1.20 bits per heavy atom. The Kier molecular flexibility index (Phi) is 4.80. The third kappa shape index (κ3) is 4.14. The third-order valence-corrected chi connectivity index (χ3v) is 2.93. The van der Waals surface area contributed by atoms with Gasteiger partial charge >= 0.3 is 0 Å². The molecule has 0 unspecified atom stereocenters. The summed E-state index contributed by atoms with van der Waals surface area (Å²) in [7, 11) is 0. The molecule has 0 fully saturated rings. The Morgan fingerprint density at radius 3 is 2.60 bits per heavy atom. The number of carbonyl (C=O) groups excluding carboxylic acids is 1. The maximum Gasteiger partial charge on any atom is 0.241 e. The number of rotatable bonds is 5.